The van der Waals surface area contributed by atoms with E-state index in [9.17, 15) is 14.4 Å². The third kappa shape index (κ3) is 9.15. The minimum Gasteiger partial charge on any atom is -0.481 e. The van der Waals surface area contributed by atoms with Gasteiger partial charge < -0.3 is 19.3 Å². The Morgan fingerprint density at radius 1 is 1.00 bits per heavy atom. The summed E-state index contributed by atoms with van der Waals surface area (Å²) in [6, 6.07) is 0. The van der Waals surface area contributed by atoms with Crippen molar-refractivity contribution >= 4 is 17.9 Å². The predicted molar refractivity (Wildman–Crippen MR) is 64.4 cm³/mol. The highest BCUT2D eigenvalue weighted by Crippen LogP contribution is 2.24. The molecule has 0 unspecified atom stereocenters. The largest absolute Gasteiger partial charge is 0.481 e. The predicted octanol–water partition coefficient (Wildman–Crippen LogP) is 0.610. The maximum atomic E-state index is 10.5. The quantitative estimate of drug-likeness (QED) is 0.580. The molecule has 0 atom stereocenters. The summed E-state index contributed by atoms with van der Waals surface area (Å²) in [5.41, 5.74) is 0. The van der Waals surface area contributed by atoms with Gasteiger partial charge in [-0.2, -0.15) is 0 Å². The van der Waals surface area contributed by atoms with Crippen LogP contribution >= 0.6 is 0 Å². The Bertz CT molecular complexity index is 278. The lowest BCUT2D eigenvalue weighted by Crippen LogP contribution is -2.19. The minimum atomic E-state index is -0.713. The lowest BCUT2D eigenvalue weighted by Gasteiger charge is -1.99. The molecule has 1 N–H and O–H groups in total. The van der Waals surface area contributed by atoms with Crippen LogP contribution in [-0.2, 0) is 28.6 Å². The third-order valence-electron chi connectivity index (χ3n) is 2.46. The highest BCUT2D eigenvalue weighted by molar-refractivity contribution is 5.86. The van der Waals surface area contributed by atoms with Crippen LogP contribution in [0.2, 0.25) is 0 Å². The number of esters is 2. The van der Waals surface area contributed by atoms with Gasteiger partial charge in [0.2, 0.25) is 0 Å². The van der Waals surface area contributed by atoms with E-state index in [2.05, 4.69) is 14.2 Å². The van der Waals surface area contributed by atoms with E-state index in [1.165, 1.54) is 14.2 Å². The van der Waals surface area contributed by atoms with Gasteiger partial charge in [-0.1, -0.05) is 12.8 Å². The first-order valence-electron chi connectivity index (χ1n) is 5.95. The van der Waals surface area contributed by atoms with Gasteiger partial charge in [0.15, 0.2) is 0 Å². The van der Waals surface area contributed by atoms with Crippen molar-refractivity contribution in [3.05, 3.63) is 0 Å². The van der Waals surface area contributed by atoms with Gasteiger partial charge in [0.1, 0.15) is 13.2 Å². The lowest BCUT2D eigenvalue weighted by atomic mass is 10.1. The zero-order valence-electron chi connectivity index (χ0n) is 11.2. The maximum Gasteiger partial charge on any atom is 0.339 e. The zero-order chi connectivity index (χ0) is 14.7. The van der Waals surface area contributed by atoms with Gasteiger partial charge in [0.25, 0.3) is 0 Å². The van der Waals surface area contributed by atoms with E-state index in [0.29, 0.717) is 0 Å². The van der Waals surface area contributed by atoms with Crippen LogP contribution < -0.4 is 0 Å². The zero-order valence-corrected chi connectivity index (χ0v) is 11.2. The maximum absolute atomic E-state index is 10.5. The molecular weight excluding hydrogens is 256 g/mol. The molecule has 1 saturated carbocycles. The molecule has 0 aromatic heterocycles. The highest BCUT2D eigenvalue weighted by Gasteiger charge is 2.21. The van der Waals surface area contributed by atoms with Crippen molar-refractivity contribution in [1.82, 2.24) is 0 Å². The SMILES string of the molecule is COCC(=O)OC(=O)COC.O=C(O)C1CCCC1. The number of hydrogen-bond acceptors (Lipinski definition) is 6. The van der Waals surface area contributed by atoms with E-state index in [-0.39, 0.29) is 19.1 Å². The molecule has 1 aliphatic carbocycles. The monoisotopic (exact) mass is 276 g/mol. The van der Waals surface area contributed by atoms with Gasteiger partial charge >= 0.3 is 17.9 Å². The molecule has 1 rings (SSSR count). The summed E-state index contributed by atoms with van der Waals surface area (Å²) < 4.78 is 13.0. The number of hydrogen-bond donors (Lipinski definition) is 1. The fraction of sp³-hybridized carbons (Fsp3) is 0.750. The molecule has 0 saturated heterocycles. The highest BCUT2D eigenvalue weighted by atomic mass is 16.6. The number of rotatable bonds is 5. The van der Waals surface area contributed by atoms with Crippen molar-refractivity contribution in [2.75, 3.05) is 27.4 Å². The standard InChI is InChI=1S/C6H10O5.C6H10O2/c1-9-3-5(7)11-6(8)4-10-2;7-6(8)5-3-1-2-4-5/h3-4H2,1-2H3;5H,1-4H2,(H,7,8). The molecule has 0 amide bonds. The Kier molecular flexibility index (Phi) is 9.64. The molecule has 0 bridgehead atoms. The lowest BCUT2D eigenvalue weighted by molar-refractivity contribution is -0.164. The molecule has 7 heteroatoms. The number of carbonyl (C=O) groups excluding carboxylic acids is 2. The average molecular weight is 276 g/mol. The summed E-state index contributed by atoms with van der Waals surface area (Å²) in [5, 5.41) is 8.41. The second-order valence-electron chi connectivity index (χ2n) is 4.03. The number of carboxylic acids is 1. The minimum absolute atomic E-state index is 0.0185. The van der Waals surface area contributed by atoms with Crippen molar-refractivity contribution in [1.29, 1.82) is 0 Å². The van der Waals surface area contributed by atoms with Crippen molar-refractivity contribution in [3.63, 3.8) is 0 Å². The molecule has 0 heterocycles. The molecule has 0 spiro atoms. The van der Waals surface area contributed by atoms with E-state index in [1.807, 2.05) is 0 Å². The summed E-state index contributed by atoms with van der Waals surface area (Å²) in [6.07, 6.45) is 4.01. The second kappa shape index (κ2) is 10.5. The average Bonchev–Trinajstić information content (AvgIpc) is 2.83. The van der Waals surface area contributed by atoms with E-state index in [0.717, 1.165) is 25.7 Å². The number of carboxylic acid groups (broad SMARTS) is 1. The van der Waals surface area contributed by atoms with Crippen LogP contribution in [0.15, 0.2) is 0 Å². The second-order valence-corrected chi connectivity index (χ2v) is 4.03. The smallest absolute Gasteiger partial charge is 0.339 e. The van der Waals surface area contributed by atoms with Gasteiger partial charge in [-0.15, -0.1) is 0 Å². The van der Waals surface area contributed by atoms with E-state index >= 15 is 0 Å². The molecule has 1 fully saturated rings. The Hall–Kier alpha value is -1.47. The van der Waals surface area contributed by atoms with Gasteiger partial charge in [-0.3, -0.25) is 4.79 Å². The molecule has 19 heavy (non-hydrogen) atoms. The number of carbonyl (C=O) groups is 3. The Morgan fingerprint density at radius 3 is 1.68 bits per heavy atom. The van der Waals surface area contributed by atoms with Gasteiger partial charge in [-0.05, 0) is 12.8 Å². The molecule has 1 aliphatic rings. The molecule has 0 aromatic rings. The van der Waals surface area contributed by atoms with Crippen LogP contribution in [0.4, 0.5) is 0 Å². The molecule has 0 radical (unpaired) electrons. The summed E-state index contributed by atoms with van der Waals surface area (Å²) >= 11 is 0. The van der Waals surface area contributed by atoms with Crippen LogP contribution in [-0.4, -0.2) is 50.4 Å². The summed E-state index contributed by atoms with van der Waals surface area (Å²) in [5.74, 6) is -2.05. The van der Waals surface area contributed by atoms with Gasteiger partial charge in [0, 0.05) is 14.2 Å². The Balaban J connectivity index is 0.000000356. The first kappa shape index (κ1) is 17.5. The van der Waals surface area contributed by atoms with Gasteiger partial charge in [0.05, 0.1) is 5.92 Å². The normalized spacial score (nSPS) is 14.4. The number of ether oxygens (including phenoxy) is 3. The van der Waals surface area contributed by atoms with Crippen LogP contribution in [0.25, 0.3) is 0 Å². The Morgan fingerprint density at radius 2 is 1.42 bits per heavy atom. The van der Waals surface area contributed by atoms with Crippen molar-refractivity contribution in [2.45, 2.75) is 25.7 Å². The first-order valence-corrected chi connectivity index (χ1v) is 5.95. The Labute approximate surface area is 111 Å². The van der Waals surface area contributed by atoms with Crippen LogP contribution in [0.5, 0.6) is 0 Å². The summed E-state index contributed by atoms with van der Waals surface area (Å²) in [4.78, 5) is 31.2. The van der Waals surface area contributed by atoms with E-state index < -0.39 is 17.9 Å². The van der Waals surface area contributed by atoms with Crippen LogP contribution in [0, 0.1) is 5.92 Å². The van der Waals surface area contributed by atoms with Gasteiger partial charge in [-0.25, -0.2) is 9.59 Å². The molecular formula is C12H20O7. The molecule has 0 aromatic carbocycles. The third-order valence-corrected chi connectivity index (χ3v) is 2.46. The number of methoxy groups -OCH3 is 2. The van der Waals surface area contributed by atoms with Crippen LogP contribution in [0.1, 0.15) is 25.7 Å². The fourth-order valence-corrected chi connectivity index (χ4v) is 1.59. The molecule has 0 aliphatic heterocycles. The van der Waals surface area contributed by atoms with Crippen molar-refractivity contribution in [2.24, 2.45) is 5.92 Å². The van der Waals surface area contributed by atoms with Crippen molar-refractivity contribution < 1.29 is 33.7 Å². The summed E-state index contributed by atoms with van der Waals surface area (Å²) in [7, 11) is 2.67. The van der Waals surface area contributed by atoms with Crippen molar-refractivity contribution in [3.8, 4) is 0 Å². The molecule has 7 nitrogen and oxygen atoms in total. The topological polar surface area (TPSA) is 99.1 Å². The molecule has 110 valence electrons. The van der Waals surface area contributed by atoms with E-state index in [1.54, 1.807) is 0 Å². The summed E-state index contributed by atoms with van der Waals surface area (Å²) in [6.45, 7) is -0.453. The number of aliphatic carboxylic acids is 1. The fourth-order valence-electron chi connectivity index (χ4n) is 1.59. The first-order chi connectivity index (χ1) is 9.01. The van der Waals surface area contributed by atoms with E-state index in [4.69, 9.17) is 5.11 Å². The van der Waals surface area contributed by atoms with Crippen LogP contribution in [0.3, 0.4) is 0 Å².